The summed E-state index contributed by atoms with van der Waals surface area (Å²) in [5.41, 5.74) is 5.09. The van der Waals surface area contributed by atoms with Gasteiger partial charge in [-0.15, -0.1) is 0 Å². The first-order valence-electron chi connectivity index (χ1n) is 11.0. The summed E-state index contributed by atoms with van der Waals surface area (Å²) in [6, 6.07) is 21.7. The lowest BCUT2D eigenvalue weighted by atomic mass is 9.84. The van der Waals surface area contributed by atoms with E-state index in [9.17, 15) is 4.79 Å². The second-order valence-electron chi connectivity index (χ2n) is 8.42. The smallest absolute Gasteiger partial charge is 0.255 e. The second-order valence-corrected chi connectivity index (χ2v) is 8.82. The predicted molar refractivity (Wildman–Crippen MR) is 130 cm³/mol. The summed E-state index contributed by atoms with van der Waals surface area (Å²) in [5, 5.41) is 7.13. The third kappa shape index (κ3) is 4.14. The minimum Gasteiger partial charge on any atom is -0.338 e. The van der Waals surface area contributed by atoms with Crippen molar-refractivity contribution in [2.45, 2.75) is 31.7 Å². The molecule has 1 aliphatic heterocycles. The third-order valence-corrected chi connectivity index (χ3v) is 6.47. The first kappa shape index (κ1) is 20.7. The fourth-order valence-corrected chi connectivity index (χ4v) is 4.74. The summed E-state index contributed by atoms with van der Waals surface area (Å²) in [7, 11) is 0. The zero-order valence-corrected chi connectivity index (χ0v) is 18.6. The summed E-state index contributed by atoms with van der Waals surface area (Å²) in [6.07, 6.45) is 2.06. The van der Waals surface area contributed by atoms with Gasteiger partial charge >= 0.3 is 0 Å². The number of aromatic amines is 1. The topological polar surface area (TPSA) is 69.8 Å². The molecule has 1 fully saturated rings. The molecule has 3 aromatic carbocycles. The monoisotopic (exact) mass is 444 g/mol. The van der Waals surface area contributed by atoms with Gasteiger partial charge in [-0.1, -0.05) is 41.9 Å². The van der Waals surface area contributed by atoms with Crippen LogP contribution in [-0.4, -0.2) is 28.5 Å². The van der Waals surface area contributed by atoms with Crippen molar-refractivity contribution in [1.82, 2.24) is 15.3 Å². The largest absolute Gasteiger partial charge is 0.338 e. The van der Waals surface area contributed by atoms with Crippen LogP contribution in [0.5, 0.6) is 0 Å². The van der Waals surface area contributed by atoms with Crippen molar-refractivity contribution < 1.29 is 4.79 Å². The fraction of sp³-hybridized carbons (Fsp3) is 0.231. The molecule has 162 valence electrons. The van der Waals surface area contributed by atoms with Crippen LogP contribution >= 0.6 is 11.6 Å². The number of piperidine rings is 1. The van der Waals surface area contributed by atoms with Crippen LogP contribution in [-0.2, 0) is 0 Å². The minimum atomic E-state index is -0.107. The molecule has 1 saturated heterocycles. The molecule has 3 N–H and O–H groups in total. The fourth-order valence-electron chi connectivity index (χ4n) is 4.54. The summed E-state index contributed by atoms with van der Waals surface area (Å²) in [5.74, 6) is 0.950. The standard InChI is InChI=1S/C26H25ClN4O/c1-16-14-17(12-13-28-16)19-6-2-3-7-20(19)26(32)29-18-10-11-22(27)21(15-18)25-30-23-8-4-5-9-24(23)31-25/h2-11,15-17,28H,12-14H2,1H3,(H,29,32)(H,30,31). The molecule has 0 radical (unpaired) electrons. The molecule has 0 spiro atoms. The number of anilines is 1. The van der Waals surface area contributed by atoms with Gasteiger partial charge in [0.15, 0.2) is 0 Å². The maximum absolute atomic E-state index is 13.2. The predicted octanol–water partition coefficient (Wildman–Crippen LogP) is 5.99. The molecule has 2 heterocycles. The van der Waals surface area contributed by atoms with E-state index in [1.807, 2.05) is 54.6 Å². The normalized spacial score (nSPS) is 18.6. The Bertz CT molecular complexity index is 1250. The average molecular weight is 445 g/mol. The number of aromatic nitrogens is 2. The molecule has 32 heavy (non-hydrogen) atoms. The Morgan fingerprint density at radius 3 is 2.75 bits per heavy atom. The maximum atomic E-state index is 13.2. The van der Waals surface area contributed by atoms with Crippen molar-refractivity contribution in [3.05, 3.63) is 82.9 Å². The van der Waals surface area contributed by atoms with Crippen LogP contribution in [0.25, 0.3) is 22.4 Å². The molecule has 4 aromatic rings. The van der Waals surface area contributed by atoms with E-state index in [2.05, 4.69) is 33.6 Å². The average Bonchev–Trinajstić information content (AvgIpc) is 3.24. The lowest BCUT2D eigenvalue weighted by molar-refractivity contribution is 0.102. The van der Waals surface area contributed by atoms with Crippen LogP contribution in [0.1, 0.15) is 41.6 Å². The Kier molecular flexibility index (Phi) is 5.68. The van der Waals surface area contributed by atoms with E-state index in [1.54, 1.807) is 6.07 Å². The number of halogens is 1. The van der Waals surface area contributed by atoms with Crippen molar-refractivity contribution in [3.63, 3.8) is 0 Å². The van der Waals surface area contributed by atoms with Gasteiger partial charge in [-0.3, -0.25) is 4.79 Å². The molecular formula is C26H25ClN4O. The Labute approximate surface area is 192 Å². The van der Waals surface area contributed by atoms with Gasteiger partial charge in [-0.05, 0) is 74.2 Å². The van der Waals surface area contributed by atoms with Crippen molar-refractivity contribution in [2.24, 2.45) is 0 Å². The number of carbonyl (C=O) groups excluding carboxylic acids is 1. The molecule has 1 aliphatic rings. The summed E-state index contributed by atoms with van der Waals surface area (Å²) >= 11 is 6.47. The molecule has 6 heteroatoms. The van der Waals surface area contributed by atoms with Gasteiger partial charge in [0.1, 0.15) is 5.82 Å². The van der Waals surface area contributed by atoms with E-state index in [1.165, 1.54) is 0 Å². The molecule has 1 aromatic heterocycles. The zero-order chi connectivity index (χ0) is 22.1. The number of rotatable bonds is 4. The Hall–Kier alpha value is -3.15. The van der Waals surface area contributed by atoms with Crippen LogP contribution in [0.4, 0.5) is 5.69 Å². The number of fused-ring (bicyclic) bond motifs is 1. The van der Waals surface area contributed by atoms with Gasteiger partial charge in [-0.25, -0.2) is 4.98 Å². The number of hydrogen-bond acceptors (Lipinski definition) is 3. The summed E-state index contributed by atoms with van der Waals surface area (Å²) in [6.45, 7) is 3.17. The number of nitrogens with one attached hydrogen (secondary N) is 3. The number of para-hydroxylation sites is 2. The SMILES string of the molecule is CC1CC(c2ccccc2C(=O)Nc2ccc(Cl)c(-c3nc4ccccc4[nH]3)c2)CCN1. The highest BCUT2D eigenvalue weighted by atomic mass is 35.5. The highest BCUT2D eigenvalue weighted by Gasteiger charge is 2.24. The van der Waals surface area contributed by atoms with E-state index in [4.69, 9.17) is 11.6 Å². The lowest BCUT2D eigenvalue weighted by Gasteiger charge is -2.29. The highest BCUT2D eigenvalue weighted by Crippen LogP contribution is 2.32. The Morgan fingerprint density at radius 2 is 1.91 bits per heavy atom. The van der Waals surface area contributed by atoms with E-state index >= 15 is 0 Å². The Morgan fingerprint density at radius 1 is 1.09 bits per heavy atom. The van der Waals surface area contributed by atoms with Gasteiger partial charge in [0, 0.05) is 22.9 Å². The molecule has 5 rings (SSSR count). The highest BCUT2D eigenvalue weighted by molar-refractivity contribution is 6.33. The summed E-state index contributed by atoms with van der Waals surface area (Å²) in [4.78, 5) is 21.2. The molecule has 0 saturated carbocycles. The summed E-state index contributed by atoms with van der Waals surface area (Å²) < 4.78 is 0. The van der Waals surface area contributed by atoms with Gasteiger partial charge in [-0.2, -0.15) is 0 Å². The molecule has 2 unspecified atom stereocenters. The van der Waals surface area contributed by atoms with Gasteiger partial charge in [0.05, 0.1) is 16.1 Å². The van der Waals surface area contributed by atoms with E-state index in [0.29, 0.717) is 28.5 Å². The van der Waals surface area contributed by atoms with Crippen LogP contribution in [0.3, 0.4) is 0 Å². The number of nitrogens with zero attached hydrogens (tertiary/aromatic N) is 1. The van der Waals surface area contributed by atoms with Crippen LogP contribution < -0.4 is 10.6 Å². The number of carbonyl (C=O) groups is 1. The van der Waals surface area contributed by atoms with Crippen LogP contribution in [0.15, 0.2) is 66.7 Å². The Balaban J connectivity index is 1.43. The van der Waals surface area contributed by atoms with Gasteiger partial charge < -0.3 is 15.6 Å². The van der Waals surface area contributed by atoms with Crippen molar-refractivity contribution in [3.8, 4) is 11.4 Å². The van der Waals surface area contributed by atoms with Crippen molar-refractivity contribution in [1.29, 1.82) is 0 Å². The first-order chi connectivity index (χ1) is 15.6. The van der Waals surface area contributed by atoms with Gasteiger partial charge in [0.2, 0.25) is 0 Å². The minimum absolute atomic E-state index is 0.107. The van der Waals surface area contributed by atoms with Crippen LogP contribution in [0, 0.1) is 0 Å². The zero-order valence-electron chi connectivity index (χ0n) is 17.9. The van der Waals surface area contributed by atoms with E-state index in [0.717, 1.165) is 47.1 Å². The number of hydrogen-bond donors (Lipinski definition) is 3. The molecule has 0 aliphatic carbocycles. The molecule has 1 amide bonds. The third-order valence-electron chi connectivity index (χ3n) is 6.14. The van der Waals surface area contributed by atoms with E-state index < -0.39 is 0 Å². The number of H-pyrrole nitrogens is 1. The lowest BCUT2D eigenvalue weighted by Crippen LogP contribution is -2.35. The number of imidazole rings is 1. The van der Waals surface area contributed by atoms with Crippen LogP contribution in [0.2, 0.25) is 5.02 Å². The van der Waals surface area contributed by atoms with Crippen molar-refractivity contribution >= 4 is 34.2 Å². The van der Waals surface area contributed by atoms with Crippen molar-refractivity contribution in [2.75, 3.05) is 11.9 Å². The van der Waals surface area contributed by atoms with E-state index in [-0.39, 0.29) is 5.91 Å². The molecular weight excluding hydrogens is 420 g/mol. The number of benzene rings is 3. The maximum Gasteiger partial charge on any atom is 0.255 e. The first-order valence-corrected chi connectivity index (χ1v) is 11.3. The second kappa shape index (κ2) is 8.77. The molecule has 0 bridgehead atoms. The quantitative estimate of drug-likeness (QED) is 0.362. The molecule has 5 nitrogen and oxygen atoms in total. The van der Waals surface area contributed by atoms with Gasteiger partial charge in [0.25, 0.3) is 5.91 Å². The number of amides is 1. The molecule has 2 atom stereocenters.